The van der Waals surface area contributed by atoms with Gasteiger partial charge < -0.3 is 10.6 Å². The van der Waals surface area contributed by atoms with Gasteiger partial charge in [0.05, 0.1) is 0 Å². The fourth-order valence-electron chi connectivity index (χ4n) is 1.55. The molecule has 102 valence electrons. The van der Waals surface area contributed by atoms with E-state index in [1.165, 1.54) is 5.56 Å². The minimum Gasteiger partial charge on any atom is -0.352 e. The molecule has 0 bridgehead atoms. The molecular formula is C14H23ClN2O. The van der Waals surface area contributed by atoms with Crippen LogP contribution >= 0.6 is 12.4 Å². The van der Waals surface area contributed by atoms with E-state index in [-0.39, 0.29) is 18.3 Å². The van der Waals surface area contributed by atoms with E-state index < -0.39 is 0 Å². The van der Waals surface area contributed by atoms with Gasteiger partial charge in [0.15, 0.2) is 0 Å². The lowest BCUT2D eigenvalue weighted by molar-refractivity contribution is -0.121. The summed E-state index contributed by atoms with van der Waals surface area (Å²) in [5, 5.41) is 5.86. The molecule has 0 heterocycles. The molecule has 0 spiro atoms. The molecule has 0 saturated heterocycles. The molecule has 1 aromatic rings. The summed E-state index contributed by atoms with van der Waals surface area (Å²) in [7, 11) is 1.85. The Hall–Kier alpha value is -1.06. The Morgan fingerprint density at radius 2 is 1.83 bits per heavy atom. The van der Waals surface area contributed by atoms with Crippen molar-refractivity contribution < 1.29 is 4.79 Å². The number of hydrogen-bond acceptors (Lipinski definition) is 2. The molecule has 1 rings (SSSR count). The van der Waals surface area contributed by atoms with Crippen molar-refractivity contribution in [2.24, 2.45) is 0 Å². The first-order chi connectivity index (χ1) is 8.13. The van der Waals surface area contributed by atoms with E-state index in [0.29, 0.717) is 18.9 Å². The maximum atomic E-state index is 11.4. The first kappa shape index (κ1) is 16.9. The molecule has 0 aliphatic heterocycles. The van der Waals surface area contributed by atoms with Gasteiger partial charge in [-0.2, -0.15) is 0 Å². The normalized spacial score (nSPS) is 10.0. The number of carbonyl (C=O) groups is 1. The van der Waals surface area contributed by atoms with Crippen molar-refractivity contribution in [3.63, 3.8) is 0 Å². The molecule has 1 amide bonds. The zero-order valence-corrected chi connectivity index (χ0v) is 12.1. The molecule has 0 saturated carbocycles. The van der Waals surface area contributed by atoms with E-state index in [2.05, 4.69) is 48.7 Å². The number of hydrogen-bond donors (Lipinski definition) is 2. The Balaban J connectivity index is 0.00000289. The Morgan fingerprint density at radius 3 is 2.33 bits per heavy atom. The highest BCUT2D eigenvalue weighted by Gasteiger charge is 2.01. The van der Waals surface area contributed by atoms with Crippen molar-refractivity contribution in [3.05, 3.63) is 35.4 Å². The van der Waals surface area contributed by atoms with Gasteiger partial charge in [0.1, 0.15) is 0 Å². The molecular weight excluding hydrogens is 248 g/mol. The van der Waals surface area contributed by atoms with Crippen molar-refractivity contribution in [1.82, 2.24) is 10.6 Å². The smallest absolute Gasteiger partial charge is 0.221 e. The molecule has 4 heteroatoms. The van der Waals surface area contributed by atoms with Gasteiger partial charge in [-0.05, 0) is 24.1 Å². The summed E-state index contributed by atoms with van der Waals surface area (Å²) < 4.78 is 0. The third-order valence-corrected chi connectivity index (χ3v) is 2.74. The highest BCUT2D eigenvalue weighted by Crippen LogP contribution is 2.14. The van der Waals surface area contributed by atoms with Gasteiger partial charge in [0.25, 0.3) is 0 Å². The second-order valence-corrected chi connectivity index (χ2v) is 4.53. The van der Waals surface area contributed by atoms with Crippen LogP contribution in [0.15, 0.2) is 24.3 Å². The Labute approximate surface area is 116 Å². The lowest BCUT2D eigenvalue weighted by Gasteiger charge is -2.08. The topological polar surface area (TPSA) is 41.1 Å². The van der Waals surface area contributed by atoms with Crippen molar-refractivity contribution in [1.29, 1.82) is 0 Å². The van der Waals surface area contributed by atoms with Crippen LogP contribution in [0.25, 0.3) is 0 Å². The highest BCUT2D eigenvalue weighted by atomic mass is 35.5. The van der Waals surface area contributed by atoms with E-state index in [4.69, 9.17) is 0 Å². The first-order valence-corrected chi connectivity index (χ1v) is 6.13. The maximum Gasteiger partial charge on any atom is 0.221 e. The average Bonchev–Trinajstić information content (AvgIpc) is 2.34. The lowest BCUT2D eigenvalue weighted by Crippen LogP contribution is -2.26. The van der Waals surface area contributed by atoms with Gasteiger partial charge in [-0.3, -0.25) is 4.79 Å². The van der Waals surface area contributed by atoms with Gasteiger partial charge in [-0.25, -0.2) is 0 Å². The number of halogens is 1. The van der Waals surface area contributed by atoms with Crippen LogP contribution in [0.5, 0.6) is 0 Å². The zero-order valence-electron chi connectivity index (χ0n) is 11.3. The quantitative estimate of drug-likeness (QED) is 0.834. The van der Waals surface area contributed by atoms with Crippen LogP contribution in [0.3, 0.4) is 0 Å². The Kier molecular flexibility index (Phi) is 8.42. The largest absolute Gasteiger partial charge is 0.352 e. The predicted molar refractivity (Wildman–Crippen MR) is 78.2 cm³/mol. The second-order valence-electron chi connectivity index (χ2n) is 4.53. The minimum atomic E-state index is 0. The van der Waals surface area contributed by atoms with Crippen LogP contribution in [0, 0.1) is 0 Å². The summed E-state index contributed by atoms with van der Waals surface area (Å²) >= 11 is 0. The SMILES string of the molecule is CNCCC(=O)NCc1ccc(C(C)C)cc1.Cl. The summed E-state index contributed by atoms with van der Waals surface area (Å²) in [6.45, 7) is 5.68. The fraction of sp³-hybridized carbons (Fsp3) is 0.500. The van der Waals surface area contributed by atoms with Crippen LogP contribution < -0.4 is 10.6 Å². The van der Waals surface area contributed by atoms with Crippen LogP contribution in [0.1, 0.15) is 37.3 Å². The van der Waals surface area contributed by atoms with Gasteiger partial charge in [-0.1, -0.05) is 38.1 Å². The van der Waals surface area contributed by atoms with Gasteiger partial charge >= 0.3 is 0 Å². The third-order valence-electron chi connectivity index (χ3n) is 2.74. The monoisotopic (exact) mass is 270 g/mol. The van der Waals surface area contributed by atoms with Gasteiger partial charge in [0, 0.05) is 19.5 Å². The molecule has 0 aliphatic carbocycles. The van der Waals surface area contributed by atoms with E-state index in [0.717, 1.165) is 12.1 Å². The molecule has 1 aromatic carbocycles. The van der Waals surface area contributed by atoms with Crippen LogP contribution in [0.4, 0.5) is 0 Å². The lowest BCUT2D eigenvalue weighted by atomic mass is 10.0. The molecule has 2 N–H and O–H groups in total. The first-order valence-electron chi connectivity index (χ1n) is 6.13. The van der Waals surface area contributed by atoms with Crippen molar-refractivity contribution in [2.75, 3.05) is 13.6 Å². The molecule has 0 unspecified atom stereocenters. The van der Waals surface area contributed by atoms with E-state index >= 15 is 0 Å². The number of rotatable bonds is 6. The van der Waals surface area contributed by atoms with Crippen molar-refractivity contribution in [3.8, 4) is 0 Å². The second kappa shape index (κ2) is 8.95. The number of amides is 1. The van der Waals surface area contributed by atoms with Crippen molar-refractivity contribution in [2.45, 2.75) is 32.7 Å². The molecule has 18 heavy (non-hydrogen) atoms. The minimum absolute atomic E-state index is 0. The Bertz CT molecular complexity index is 349. The standard InChI is InChI=1S/C14H22N2O.ClH/c1-11(2)13-6-4-12(5-7-13)10-16-14(17)8-9-15-3;/h4-7,11,15H,8-10H2,1-3H3,(H,16,17);1H. The van der Waals surface area contributed by atoms with Crippen LogP contribution in [-0.2, 0) is 11.3 Å². The fourth-order valence-corrected chi connectivity index (χ4v) is 1.55. The van der Waals surface area contributed by atoms with E-state index in [1.54, 1.807) is 0 Å². The zero-order chi connectivity index (χ0) is 12.7. The molecule has 0 radical (unpaired) electrons. The third kappa shape index (κ3) is 6.03. The van der Waals surface area contributed by atoms with Crippen LogP contribution in [-0.4, -0.2) is 19.5 Å². The summed E-state index contributed by atoms with van der Waals surface area (Å²) in [6.07, 6.45) is 0.528. The van der Waals surface area contributed by atoms with Gasteiger partial charge in [-0.15, -0.1) is 12.4 Å². The van der Waals surface area contributed by atoms with Gasteiger partial charge in [0.2, 0.25) is 5.91 Å². The predicted octanol–water partition coefficient (Wildman–Crippen LogP) is 2.46. The maximum absolute atomic E-state index is 11.4. The summed E-state index contributed by atoms with van der Waals surface area (Å²) in [4.78, 5) is 11.4. The van der Waals surface area contributed by atoms with E-state index in [1.807, 2.05) is 7.05 Å². The van der Waals surface area contributed by atoms with Crippen LogP contribution in [0.2, 0.25) is 0 Å². The number of carbonyl (C=O) groups excluding carboxylic acids is 1. The molecule has 3 nitrogen and oxygen atoms in total. The number of benzene rings is 1. The summed E-state index contributed by atoms with van der Waals surface area (Å²) in [5.41, 5.74) is 2.47. The number of nitrogens with one attached hydrogen (secondary N) is 2. The summed E-state index contributed by atoms with van der Waals surface area (Å²) in [5.74, 6) is 0.640. The molecule has 0 atom stereocenters. The molecule has 0 fully saturated rings. The summed E-state index contributed by atoms with van der Waals surface area (Å²) in [6, 6.07) is 8.40. The highest BCUT2D eigenvalue weighted by molar-refractivity contribution is 5.85. The Morgan fingerprint density at radius 1 is 1.22 bits per heavy atom. The molecule has 0 aromatic heterocycles. The van der Waals surface area contributed by atoms with Crippen molar-refractivity contribution >= 4 is 18.3 Å². The molecule has 0 aliphatic rings. The van der Waals surface area contributed by atoms with E-state index in [9.17, 15) is 4.79 Å². The average molecular weight is 271 g/mol.